The zero-order chi connectivity index (χ0) is 22.1. The minimum Gasteiger partial charge on any atom is -0.493 e. The Hall–Kier alpha value is -3.52. The van der Waals surface area contributed by atoms with E-state index in [2.05, 4.69) is 15.1 Å². The molecule has 1 fully saturated rings. The van der Waals surface area contributed by atoms with E-state index >= 15 is 0 Å². The summed E-state index contributed by atoms with van der Waals surface area (Å²) >= 11 is 0. The van der Waals surface area contributed by atoms with Gasteiger partial charge in [0.2, 0.25) is 0 Å². The Balaban J connectivity index is 1.64. The molecule has 0 radical (unpaired) electrons. The molecule has 0 amide bonds. The van der Waals surface area contributed by atoms with Crippen LogP contribution in [0.25, 0.3) is 33.4 Å². The summed E-state index contributed by atoms with van der Waals surface area (Å²) in [4.78, 5) is 9.00. The first-order chi connectivity index (χ1) is 15.6. The molecule has 1 aliphatic heterocycles. The van der Waals surface area contributed by atoms with Gasteiger partial charge in [0.15, 0.2) is 17.7 Å². The Morgan fingerprint density at radius 1 is 1.09 bits per heavy atom. The van der Waals surface area contributed by atoms with Crippen LogP contribution < -0.4 is 9.47 Å². The Bertz CT molecular complexity index is 1240. The van der Waals surface area contributed by atoms with Crippen LogP contribution in [0.1, 0.15) is 6.42 Å². The molecule has 0 N–H and O–H groups in total. The number of aryl methyl sites for hydroxylation is 1. The van der Waals surface area contributed by atoms with E-state index in [1.807, 2.05) is 49.6 Å². The predicted molar refractivity (Wildman–Crippen MR) is 118 cm³/mol. The summed E-state index contributed by atoms with van der Waals surface area (Å²) in [7, 11) is 3.44. The van der Waals surface area contributed by atoms with Crippen molar-refractivity contribution in [2.45, 2.75) is 18.7 Å². The average Bonchev–Trinajstić information content (AvgIpc) is 3.21. The van der Waals surface area contributed by atoms with Crippen LogP contribution >= 0.6 is 0 Å². The molecule has 0 saturated carbocycles. The monoisotopic (exact) mass is 434 g/mol. The van der Waals surface area contributed by atoms with Gasteiger partial charge in [0, 0.05) is 42.2 Å². The van der Waals surface area contributed by atoms with Crippen molar-refractivity contribution in [1.82, 2.24) is 19.7 Å². The maximum Gasteiger partial charge on any atom is 0.162 e. The van der Waals surface area contributed by atoms with Crippen LogP contribution in [0.3, 0.4) is 0 Å². The second-order valence-electron chi connectivity index (χ2n) is 7.71. The summed E-state index contributed by atoms with van der Waals surface area (Å²) in [6.07, 6.45) is 2.14. The summed E-state index contributed by atoms with van der Waals surface area (Å²) in [6.45, 7) is 0.497. The Kier molecular flexibility index (Phi) is 5.45. The maximum absolute atomic E-state index is 14.3. The zero-order valence-corrected chi connectivity index (χ0v) is 17.9. The predicted octanol–water partition coefficient (Wildman–Crippen LogP) is 4.21. The van der Waals surface area contributed by atoms with Gasteiger partial charge in [-0.25, -0.2) is 14.4 Å². The molecule has 0 aliphatic carbocycles. The third-order valence-electron chi connectivity index (χ3n) is 5.56. The van der Waals surface area contributed by atoms with Gasteiger partial charge in [0.25, 0.3) is 0 Å². The molecule has 2 atom stereocenters. The molecule has 0 unspecified atom stereocenters. The SMILES string of the molecule is COc1cc2ncnc(-c3cn(C)nc3-c3ccccc3)c2cc1O[C@@H]1CCOC[C@H]1F. The van der Waals surface area contributed by atoms with Gasteiger partial charge in [0.05, 0.1) is 31.5 Å². The van der Waals surface area contributed by atoms with Crippen LogP contribution in [-0.4, -0.2) is 52.3 Å². The van der Waals surface area contributed by atoms with Crippen molar-refractivity contribution < 1.29 is 18.6 Å². The zero-order valence-electron chi connectivity index (χ0n) is 17.9. The minimum absolute atomic E-state index is 0.0328. The second-order valence-corrected chi connectivity index (χ2v) is 7.71. The fraction of sp³-hybridized carbons (Fsp3) is 0.292. The average molecular weight is 434 g/mol. The maximum atomic E-state index is 14.3. The molecule has 4 aromatic rings. The van der Waals surface area contributed by atoms with E-state index in [1.54, 1.807) is 17.9 Å². The van der Waals surface area contributed by atoms with Gasteiger partial charge in [-0.2, -0.15) is 5.10 Å². The number of benzene rings is 2. The molecule has 164 valence electrons. The molecule has 7 nitrogen and oxygen atoms in total. The standard InChI is InChI=1S/C24H23FN4O3/c1-29-12-17(23(28-29)15-6-4-3-5-7-15)24-16-10-22(32-20-8-9-31-13-18(20)25)21(30-2)11-19(16)26-14-27-24/h3-7,10-12,14,18,20H,8-9,13H2,1-2H3/t18-,20-/m1/s1. The van der Waals surface area contributed by atoms with Crippen LogP contribution in [0, 0.1) is 0 Å². The van der Waals surface area contributed by atoms with Gasteiger partial charge in [0.1, 0.15) is 18.1 Å². The highest BCUT2D eigenvalue weighted by Gasteiger charge is 2.28. The topological polar surface area (TPSA) is 71.3 Å². The van der Waals surface area contributed by atoms with Crippen LogP contribution in [0.5, 0.6) is 11.5 Å². The van der Waals surface area contributed by atoms with E-state index < -0.39 is 12.3 Å². The van der Waals surface area contributed by atoms with Crippen LogP contribution in [-0.2, 0) is 11.8 Å². The quantitative estimate of drug-likeness (QED) is 0.469. The summed E-state index contributed by atoms with van der Waals surface area (Å²) < 4.78 is 32.9. The molecule has 8 heteroatoms. The van der Waals surface area contributed by atoms with E-state index in [9.17, 15) is 4.39 Å². The Morgan fingerprint density at radius 2 is 1.94 bits per heavy atom. The fourth-order valence-corrected chi connectivity index (χ4v) is 3.98. The third-order valence-corrected chi connectivity index (χ3v) is 5.56. The molecule has 3 heterocycles. The molecule has 32 heavy (non-hydrogen) atoms. The van der Waals surface area contributed by atoms with Crippen molar-refractivity contribution in [2.24, 2.45) is 7.05 Å². The van der Waals surface area contributed by atoms with E-state index in [0.29, 0.717) is 30.0 Å². The lowest BCUT2D eigenvalue weighted by molar-refractivity contribution is -0.0388. The normalized spacial score (nSPS) is 18.6. The third kappa shape index (κ3) is 3.78. The smallest absolute Gasteiger partial charge is 0.162 e. The highest BCUT2D eigenvalue weighted by molar-refractivity contribution is 5.97. The largest absolute Gasteiger partial charge is 0.493 e. The number of hydrogen-bond acceptors (Lipinski definition) is 6. The summed E-state index contributed by atoms with van der Waals surface area (Å²) in [6, 6.07) is 13.6. The number of rotatable bonds is 5. The number of aromatic nitrogens is 4. The van der Waals surface area contributed by atoms with Gasteiger partial charge >= 0.3 is 0 Å². The van der Waals surface area contributed by atoms with Gasteiger partial charge in [-0.3, -0.25) is 4.68 Å². The van der Waals surface area contributed by atoms with Crippen molar-refractivity contribution >= 4 is 10.9 Å². The molecule has 0 bridgehead atoms. The van der Waals surface area contributed by atoms with E-state index in [-0.39, 0.29) is 6.61 Å². The van der Waals surface area contributed by atoms with Gasteiger partial charge < -0.3 is 14.2 Å². The number of nitrogens with zero attached hydrogens (tertiary/aromatic N) is 4. The highest BCUT2D eigenvalue weighted by Crippen LogP contribution is 2.39. The van der Waals surface area contributed by atoms with Crippen LogP contribution in [0.15, 0.2) is 55.0 Å². The van der Waals surface area contributed by atoms with E-state index in [1.165, 1.54) is 6.33 Å². The van der Waals surface area contributed by atoms with Crippen molar-refractivity contribution in [3.05, 3.63) is 55.0 Å². The number of hydrogen-bond donors (Lipinski definition) is 0. The molecule has 1 saturated heterocycles. The number of fused-ring (bicyclic) bond motifs is 1. The van der Waals surface area contributed by atoms with Gasteiger partial charge in [-0.05, 0) is 6.07 Å². The first kappa shape index (κ1) is 20.4. The van der Waals surface area contributed by atoms with Crippen molar-refractivity contribution in [3.8, 4) is 34.0 Å². The molecule has 2 aromatic carbocycles. The summed E-state index contributed by atoms with van der Waals surface area (Å²) in [5.74, 6) is 0.950. The number of halogens is 1. The van der Waals surface area contributed by atoms with Crippen molar-refractivity contribution in [3.63, 3.8) is 0 Å². The molecule has 1 aliphatic rings. The molecular formula is C24H23FN4O3. The Morgan fingerprint density at radius 3 is 2.72 bits per heavy atom. The molecule has 2 aromatic heterocycles. The van der Waals surface area contributed by atoms with Gasteiger partial charge in [-0.15, -0.1) is 0 Å². The second kappa shape index (κ2) is 8.55. The van der Waals surface area contributed by atoms with Crippen molar-refractivity contribution in [1.29, 1.82) is 0 Å². The Labute approximate surface area is 184 Å². The lowest BCUT2D eigenvalue weighted by atomic mass is 10.0. The molecular weight excluding hydrogens is 411 g/mol. The van der Waals surface area contributed by atoms with E-state index in [0.717, 1.165) is 27.9 Å². The number of methoxy groups -OCH3 is 1. The minimum atomic E-state index is -1.20. The molecule has 0 spiro atoms. The highest BCUT2D eigenvalue weighted by atomic mass is 19.1. The fourth-order valence-electron chi connectivity index (χ4n) is 3.98. The first-order valence-electron chi connectivity index (χ1n) is 10.4. The van der Waals surface area contributed by atoms with Crippen molar-refractivity contribution in [2.75, 3.05) is 20.3 Å². The molecule has 5 rings (SSSR count). The number of ether oxygens (including phenoxy) is 3. The van der Waals surface area contributed by atoms with Gasteiger partial charge in [-0.1, -0.05) is 30.3 Å². The van der Waals surface area contributed by atoms with Crippen LogP contribution in [0.4, 0.5) is 4.39 Å². The lowest BCUT2D eigenvalue weighted by Crippen LogP contribution is -2.37. The summed E-state index contributed by atoms with van der Waals surface area (Å²) in [5, 5.41) is 5.43. The lowest BCUT2D eigenvalue weighted by Gasteiger charge is -2.27. The summed E-state index contributed by atoms with van der Waals surface area (Å²) in [5.41, 5.74) is 4.10. The first-order valence-corrected chi connectivity index (χ1v) is 10.4. The van der Waals surface area contributed by atoms with Crippen LogP contribution in [0.2, 0.25) is 0 Å². The number of alkyl halides is 1. The van der Waals surface area contributed by atoms with E-state index in [4.69, 9.17) is 14.2 Å².